The standard InChI is InChI=1S/C21H16ClFN2O3S/c22-18-10-5-15(21(26)24-17-8-6-16(23)7-9-17)13-20(18)29(27,28)25-12-11-14-3-1-2-4-19(14)25/h1-10,13H,11-12H2,(H,24,26). The van der Waals surface area contributed by atoms with Gasteiger partial charge in [-0.3, -0.25) is 9.10 Å². The molecule has 5 nitrogen and oxygen atoms in total. The van der Waals surface area contributed by atoms with Crippen molar-refractivity contribution in [3.63, 3.8) is 0 Å². The lowest BCUT2D eigenvalue weighted by molar-refractivity contribution is 0.102. The summed E-state index contributed by atoms with van der Waals surface area (Å²) in [6, 6.07) is 16.6. The molecular weight excluding hydrogens is 415 g/mol. The zero-order chi connectivity index (χ0) is 20.6. The lowest BCUT2D eigenvalue weighted by Gasteiger charge is -2.20. The van der Waals surface area contributed by atoms with E-state index < -0.39 is 21.7 Å². The molecule has 3 aromatic rings. The van der Waals surface area contributed by atoms with Gasteiger partial charge in [-0.05, 0) is 60.5 Å². The maximum absolute atomic E-state index is 13.3. The molecule has 1 N–H and O–H groups in total. The van der Waals surface area contributed by atoms with Gasteiger partial charge in [-0.2, -0.15) is 0 Å². The lowest BCUT2D eigenvalue weighted by atomic mass is 10.2. The number of sulfonamides is 1. The number of carbonyl (C=O) groups is 1. The predicted octanol–water partition coefficient (Wildman–Crippen LogP) is 4.48. The zero-order valence-corrected chi connectivity index (χ0v) is 16.7. The molecule has 148 valence electrons. The number of halogens is 2. The molecule has 0 saturated heterocycles. The average molecular weight is 431 g/mol. The number of para-hydroxylation sites is 1. The van der Waals surface area contributed by atoms with Crippen LogP contribution in [0.15, 0.2) is 71.6 Å². The molecular formula is C21H16ClFN2O3S. The Bertz CT molecular complexity index is 1200. The molecule has 0 aromatic heterocycles. The Morgan fingerprint density at radius 3 is 2.52 bits per heavy atom. The highest BCUT2D eigenvalue weighted by molar-refractivity contribution is 7.93. The number of rotatable bonds is 4. The fourth-order valence-electron chi connectivity index (χ4n) is 3.26. The van der Waals surface area contributed by atoms with Crippen LogP contribution in [0.2, 0.25) is 5.02 Å². The highest BCUT2D eigenvalue weighted by Gasteiger charge is 2.32. The van der Waals surface area contributed by atoms with Crippen molar-refractivity contribution in [2.45, 2.75) is 11.3 Å². The average Bonchev–Trinajstić information content (AvgIpc) is 3.15. The SMILES string of the molecule is O=C(Nc1ccc(F)cc1)c1ccc(Cl)c(S(=O)(=O)N2CCc3ccccc32)c1. The summed E-state index contributed by atoms with van der Waals surface area (Å²) in [7, 11) is -3.95. The van der Waals surface area contributed by atoms with E-state index >= 15 is 0 Å². The Balaban J connectivity index is 1.66. The Kier molecular flexibility index (Phi) is 5.02. The number of anilines is 2. The van der Waals surface area contributed by atoms with Gasteiger partial charge in [0.15, 0.2) is 0 Å². The van der Waals surface area contributed by atoms with Crippen LogP contribution < -0.4 is 9.62 Å². The minimum absolute atomic E-state index is 0.0349. The molecule has 0 spiro atoms. The van der Waals surface area contributed by atoms with Gasteiger partial charge in [0, 0.05) is 17.8 Å². The van der Waals surface area contributed by atoms with Crippen LogP contribution in [0.5, 0.6) is 0 Å². The molecule has 1 amide bonds. The summed E-state index contributed by atoms with van der Waals surface area (Å²) < 4.78 is 40.9. The van der Waals surface area contributed by atoms with Gasteiger partial charge in [0.1, 0.15) is 10.7 Å². The first kappa shape index (κ1) is 19.4. The summed E-state index contributed by atoms with van der Waals surface area (Å²) in [6.07, 6.45) is 0.609. The second-order valence-corrected chi connectivity index (χ2v) is 8.80. The molecule has 0 atom stereocenters. The molecule has 1 aliphatic heterocycles. The van der Waals surface area contributed by atoms with Gasteiger partial charge in [-0.1, -0.05) is 29.8 Å². The van der Waals surface area contributed by atoms with E-state index in [0.717, 1.165) is 5.56 Å². The monoisotopic (exact) mass is 430 g/mol. The third-order valence-electron chi connectivity index (χ3n) is 4.71. The second-order valence-electron chi connectivity index (χ2n) is 6.56. The molecule has 0 bridgehead atoms. The van der Waals surface area contributed by atoms with Crippen LogP contribution >= 0.6 is 11.6 Å². The summed E-state index contributed by atoms with van der Waals surface area (Å²) >= 11 is 6.19. The van der Waals surface area contributed by atoms with E-state index in [-0.39, 0.29) is 15.5 Å². The van der Waals surface area contributed by atoms with Gasteiger partial charge >= 0.3 is 0 Å². The summed E-state index contributed by atoms with van der Waals surface area (Å²) in [5.74, 6) is -0.944. The fraction of sp³-hybridized carbons (Fsp3) is 0.0952. The summed E-state index contributed by atoms with van der Waals surface area (Å²) in [4.78, 5) is 12.4. The minimum atomic E-state index is -3.95. The maximum Gasteiger partial charge on any atom is 0.265 e. The quantitative estimate of drug-likeness (QED) is 0.663. The van der Waals surface area contributed by atoms with Crippen LogP contribution in [0, 0.1) is 5.82 Å². The molecule has 0 fully saturated rings. The van der Waals surface area contributed by atoms with E-state index in [0.29, 0.717) is 24.3 Å². The van der Waals surface area contributed by atoms with E-state index in [9.17, 15) is 17.6 Å². The van der Waals surface area contributed by atoms with Crippen LogP contribution in [0.3, 0.4) is 0 Å². The summed E-state index contributed by atoms with van der Waals surface area (Å²) in [6.45, 7) is 0.310. The van der Waals surface area contributed by atoms with Crippen molar-refractivity contribution < 1.29 is 17.6 Å². The Morgan fingerprint density at radius 2 is 1.76 bits per heavy atom. The minimum Gasteiger partial charge on any atom is -0.322 e. The molecule has 0 unspecified atom stereocenters. The van der Waals surface area contributed by atoms with Crippen molar-refractivity contribution in [1.29, 1.82) is 0 Å². The Labute approximate surface area is 172 Å². The van der Waals surface area contributed by atoms with Gasteiger partial charge in [-0.15, -0.1) is 0 Å². The predicted molar refractivity (Wildman–Crippen MR) is 110 cm³/mol. The molecule has 8 heteroatoms. The van der Waals surface area contributed by atoms with Crippen molar-refractivity contribution in [3.05, 3.63) is 88.7 Å². The third-order valence-corrected chi connectivity index (χ3v) is 7.00. The van der Waals surface area contributed by atoms with Crippen LogP contribution in [-0.2, 0) is 16.4 Å². The second kappa shape index (κ2) is 7.50. The molecule has 0 saturated carbocycles. The van der Waals surface area contributed by atoms with Crippen LogP contribution in [0.4, 0.5) is 15.8 Å². The number of hydrogen-bond acceptors (Lipinski definition) is 3. The van der Waals surface area contributed by atoms with Crippen molar-refractivity contribution in [2.75, 3.05) is 16.2 Å². The van der Waals surface area contributed by atoms with E-state index in [4.69, 9.17) is 11.6 Å². The number of carbonyl (C=O) groups excluding carboxylic acids is 1. The normalized spacial score (nSPS) is 13.2. The van der Waals surface area contributed by atoms with Gasteiger partial charge in [-0.25, -0.2) is 12.8 Å². The van der Waals surface area contributed by atoms with E-state index in [2.05, 4.69) is 5.32 Å². The van der Waals surface area contributed by atoms with E-state index in [1.54, 1.807) is 12.1 Å². The van der Waals surface area contributed by atoms with Crippen molar-refractivity contribution in [1.82, 2.24) is 0 Å². The summed E-state index contributed by atoms with van der Waals surface area (Å²) in [5.41, 5.74) is 2.08. The number of hydrogen-bond donors (Lipinski definition) is 1. The molecule has 0 aliphatic carbocycles. The summed E-state index contributed by atoms with van der Waals surface area (Å²) in [5, 5.41) is 2.65. The Morgan fingerprint density at radius 1 is 1.03 bits per heavy atom. The smallest absolute Gasteiger partial charge is 0.265 e. The molecule has 29 heavy (non-hydrogen) atoms. The van der Waals surface area contributed by atoms with Crippen molar-refractivity contribution in [2.24, 2.45) is 0 Å². The largest absolute Gasteiger partial charge is 0.322 e. The number of fused-ring (bicyclic) bond motifs is 1. The number of nitrogens with one attached hydrogen (secondary N) is 1. The lowest BCUT2D eigenvalue weighted by Crippen LogP contribution is -2.29. The fourth-order valence-corrected chi connectivity index (χ4v) is 5.26. The molecule has 3 aromatic carbocycles. The van der Waals surface area contributed by atoms with Gasteiger partial charge in [0.2, 0.25) is 0 Å². The first-order chi connectivity index (χ1) is 13.9. The number of nitrogens with zero attached hydrogens (tertiary/aromatic N) is 1. The molecule has 4 rings (SSSR count). The molecule has 0 radical (unpaired) electrons. The van der Waals surface area contributed by atoms with Crippen LogP contribution in [0.1, 0.15) is 15.9 Å². The highest BCUT2D eigenvalue weighted by Crippen LogP contribution is 2.35. The third kappa shape index (κ3) is 3.71. The van der Waals surface area contributed by atoms with Crippen molar-refractivity contribution >= 4 is 38.9 Å². The van der Waals surface area contributed by atoms with Crippen molar-refractivity contribution in [3.8, 4) is 0 Å². The van der Waals surface area contributed by atoms with E-state index in [1.165, 1.54) is 46.8 Å². The number of amides is 1. The van der Waals surface area contributed by atoms with Crippen LogP contribution in [0.25, 0.3) is 0 Å². The van der Waals surface area contributed by atoms with Gasteiger partial charge < -0.3 is 5.32 Å². The molecule has 1 aliphatic rings. The Hall–Kier alpha value is -2.90. The van der Waals surface area contributed by atoms with E-state index in [1.807, 2.05) is 12.1 Å². The first-order valence-corrected chi connectivity index (χ1v) is 10.7. The first-order valence-electron chi connectivity index (χ1n) is 8.83. The van der Waals surface area contributed by atoms with Crippen LogP contribution in [-0.4, -0.2) is 20.9 Å². The van der Waals surface area contributed by atoms with Gasteiger partial charge in [0.25, 0.3) is 15.9 Å². The number of benzene rings is 3. The topological polar surface area (TPSA) is 66.5 Å². The highest BCUT2D eigenvalue weighted by atomic mass is 35.5. The maximum atomic E-state index is 13.3. The molecule has 1 heterocycles. The zero-order valence-electron chi connectivity index (χ0n) is 15.1. The van der Waals surface area contributed by atoms with Gasteiger partial charge in [0.05, 0.1) is 10.7 Å².